The van der Waals surface area contributed by atoms with Gasteiger partial charge in [-0.2, -0.15) is 0 Å². The summed E-state index contributed by atoms with van der Waals surface area (Å²) in [7, 11) is 0. The van der Waals surface area contributed by atoms with Gasteiger partial charge < -0.3 is 4.74 Å². The average molecular weight is 303 g/mol. The van der Waals surface area contributed by atoms with Crippen LogP contribution in [-0.4, -0.2) is 36.9 Å². The quantitative estimate of drug-likeness (QED) is 0.767. The van der Waals surface area contributed by atoms with E-state index in [0.29, 0.717) is 6.61 Å². The van der Waals surface area contributed by atoms with Gasteiger partial charge in [0.1, 0.15) is 12.4 Å². The number of benzene rings is 1. The third kappa shape index (κ3) is 4.57. The van der Waals surface area contributed by atoms with E-state index < -0.39 is 0 Å². The molecule has 1 aliphatic rings. The Labute approximate surface area is 134 Å². The third-order valence-electron chi connectivity index (χ3n) is 4.25. The fourth-order valence-electron chi connectivity index (χ4n) is 2.86. The first-order valence-corrected chi connectivity index (χ1v) is 8.38. The maximum atomic E-state index is 12.4. The van der Waals surface area contributed by atoms with E-state index in [2.05, 4.69) is 4.90 Å². The van der Waals surface area contributed by atoms with Gasteiger partial charge in [0.2, 0.25) is 0 Å². The number of likely N-dealkylation sites (tertiary alicyclic amines) is 1. The molecule has 3 heteroatoms. The maximum Gasteiger partial charge on any atom is 0.168 e. The lowest BCUT2D eigenvalue weighted by Gasteiger charge is -2.26. The first-order chi connectivity index (χ1) is 10.4. The van der Waals surface area contributed by atoms with Crippen LogP contribution in [-0.2, 0) is 0 Å². The number of ether oxygens (including phenoxy) is 1. The summed E-state index contributed by atoms with van der Waals surface area (Å²) in [5.41, 5.74) is 1.45. The molecule has 122 valence electrons. The highest BCUT2D eigenvalue weighted by Gasteiger charge is 2.24. The topological polar surface area (TPSA) is 29.5 Å². The number of nitrogens with zero attached hydrogens (tertiary/aromatic N) is 1. The second-order valence-electron chi connectivity index (χ2n) is 7.31. The number of aryl methyl sites for hydroxylation is 1. The van der Waals surface area contributed by atoms with E-state index in [0.717, 1.165) is 23.4 Å². The first-order valence-electron chi connectivity index (χ1n) is 8.38. The molecule has 3 nitrogen and oxygen atoms in total. The molecule has 1 aliphatic heterocycles. The molecule has 1 saturated heterocycles. The third-order valence-corrected chi connectivity index (χ3v) is 4.25. The molecular formula is C19H29NO2. The summed E-state index contributed by atoms with van der Waals surface area (Å²) >= 11 is 0. The van der Waals surface area contributed by atoms with Crippen molar-refractivity contribution in [2.75, 3.05) is 26.2 Å². The van der Waals surface area contributed by atoms with Crippen molar-refractivity contribution < 1.29 is 9.53 Å². The van der Waals surface area contributed by atoms with Crippen LogP contribution in [0, 0.1) is 12.3 Å². The number of rotatable bonds is 5. The molecule has 1 fully saturated rings. The highest BCUT2D eigenvalue weighted by molar-refractivity contribution is 6.01. The summed E-state index contributed by atoms with van der Waals surface area (Å²) in [5.74, 6) is 1.05. The van der Waals surface area contributed by atoms with Gasteiger partial charge in [-0.1, -0.05) is 27.2 Å². The zero-order valence-corrected chi connectivity index (χ0v) is 14.4. The molecule has 0 spiro atoms. The van der Waals surface area contributed by atoms with E-state index in [9.17, 15) is 4.79 Å². The molecule has 1 aromatic carbocycles. The Morgan fingerprint density at radius 3 is 2.45 bits per heavy atom. The van der Waals surface area contributed by atoms with Crippen molar-refractivity contribution in [2.24, 2.45) is 5.41 Å². The highest BCUT2D eigenvalue weighted by atomic mass is 16.5. The molecule has 2 rings (SSSR count). The number of piperidine rings is 1. The Kier molecular flexibility index (Phi) is 5.63. The van der Waals surface area contributed by atoms with Gasteiger partial charge in [-0.3, -0.25) is 9.69 Å². The van der Waals surface area contributed by atoms with Crippen LogP contribution in [0.2, 0.25) is 0 Å². The molecule has 22 heavy (non-hydrogen) atoms. The van der Waals surface area contributed by atoms with Gasteiger partial charge >= 0.3 is 0 Å². The predicted octanol–water partition coefficient (Wildman–Crippen LogP) is 4.09. The Morgan fingerprint density at radius 2 is 1.86 bits per heavy atom. The zero-order chi connectivity index (χ0) is 16.2. The Morgan fingerprint density at radius 1 is 1.18 bits per heavy atom. The minimum atomic E-state index is -0.346. The monoisotopic (exact) mass is 303 g/mol. The van der Waals surface area contributed by atoms with Gasteiger partial charge in [-0.15, -0.1) is 0 Å². The fourth-order valence-corrected chi connectivity index (χ4v) is 2.86. The molecule has 0 amide bonds. The Hall–Kier alpha value is -1.35. The molecular weight excluding hydrogens is 274 g/mol. The van der Waals surface area contributed by atoms with Crippen LogP contribution in [0.5, 0.6) is 5.75 Å². The summed E-state index contributed by atoms with van der Waals surface area (Å²) in [5, 5.41) is 0. The van der Waals surface area contributed by atoms with Gasteiger partial charge in [-0.25, -0.2) is 0 Å². The summed E-state index contributed by atoms with van der Waals surface area (Å²) < 4.78 is 5.86. The summed E-state index contributed by atoms with van der Waals surface area (Å²) in [6.45, 7) is 11.9. The SMILES string of the molecule is Cc1cc(OCCN2CCCCC2)ccc1C(=O)C(C)(C)C. The second kappa shape index (κ2) is 7.28. The van der Waals surface area contributed by atoms with Crippen LogP contribution < -0.4 is 4.74 Å². The van der Waals surface area contributed by atoms with Crippen molar-refractivity contribution in [2.45, 2.75) is 47.0 Å². The summed E-state index contributed by atoms with van der Waals surface area (Å²) in [6.07, 6.45) is 3.98. The molecule has 0 N–H and O–H groups in total. The van der Waals surface area contributed by atoms with E-state index in [1.54, 1.807) is 0 Å². The normalized spacial score (nSPS) is 16.5. The number of hydrogen-bond acceptors (Lipinski definition) is 3. The maximum absolute atomic E-state index is 12.4. The van der Waals surface area contributed by atoms with Crippen LogP contribution in [0.3, 0.4) is 0 Å². The minimum Gasteiger partial charge on any atom is -0.492 e. The number of hydrogen-bond donors (Lipinski definition) is 0. The lowest BCUT2D eigenvalue weighted by atomic mass is 9.85. The van der Waals surface area contributed by atoms with Crippen molar-refractivity contribution in [3.8, 4) is 5.75 Å². The molecule has 0 aromatic heterocycles. The lowest BCUT2D eigenvalue weighted by Crippen LogP contribution is -2.33. The molecule has 0 aliphatic carbocycles. The zero-order valence-electron chi connectivity index (χ0n) is 14.4. The number of carbonyl (C=O) groups is 1. The number of Topliss-reactive ketones (excluding diaryl/α,β-unsaturated/α-hetero) is 1. The van der Waals surface area contributed by atoms with Crippen LogP contribution >= 0.6 is 0 Å². The second-order valence-corrected chi connectivity index (χ2v) is 7.31. The predicted molar refractivity (Wildman–Crippen MR) is 90.8 cm³/mol. The Balaban J connectivity index is 1.90. The smallest absolute Gasteiger partial charge is 0.168 e. The van der Waals surface area contributed by atoms with Crippen molar-refractivity contribution in [1.82, 2.24) is 4.90 Å². The molecule has 0 unspecified atom stereocenters. The van der Waals surface area contributed by atoms with Gasteiger partial charge in [0.25, 0.3) is 0 Å². The van der Waals surface area contributed by atoms with Gasteiger partial charge in [0.15, 0.2) is 5.78 Å². The molecule has 0 saturated carbocycles. The molecule has 0 radical (unpaired) electrons. The van der Waals surface area contributed by atoms with Crippen LogP contribution in [0.25, 0.3) is 0 Å². The molecule has 0 atom stereocenters. The van der Waals surface area contributed by atoms with Crippen molar-refractivity contribution in [3.05, 3.63) is 29.3 Å². The van der Waals surface area contributed by atoms with E-state index in [-0.39, 0.29) is 11.2 Å². The van der Waals surface area contributed by atoms with Crippen LogP contribution in [0.1, 0.15) is 56.0 Å². The van der Waals surface area contributed by atoms with Gasteiger partial charge in [0.05, 0.1) is 0 Å². The van der Waals surface area contributed by atoms with E-state index >= 15 is 0 Å². The largest absolute Gasteiger partial charge is 0.492 e. The van der Waals surface area contributed by atoms with Crippen molar-refractivity contribution in [1.29, 1.82) is 0 Å². The number of ketones is 1. The van der Waals surface area contributed by atoms with E-state index in [1.165, 1.54) is 32.4 Å². The lowest BCUT2D eigenvalue weighted by molar-refractivity contribution is 0.0857. The average Bonchev–Trinajstić information content (AvgIpc) is 2.47. The standard InChI is InChI=1S/C19H29NO2/c1-15-14-16(8-9-17(15)18(21)19(2,3)4)22-13-12-20-10-6-5-7-11-20/h8-9,14H,5-7,10-13H2,1-4H3. The molecule has 1 heterocycles. The van der Waals surface area contributed by atoms with Crippen LogP contribution in [0.15, 0.2) is 18.2 Å². The van der Waals surface area contributed by atoms with Crippen molar-refractivity contribution in [3.63, 3.8) is 0 Å². The summed E-state index contributed by atoms with van der Waals surface area (Å²) in [4.78, 5) is 14.8. The van der Waals surface area contributed by atoms with Crippen LogP contribution in [0.4, 0.5) is 0 Å². The first kappa shape index (κ1) is 17.0. The fraction of sp³-hybridized carbons (Fsp3) is 0.632. The van der Waals surface area contributed by atoms with E-state index in [1.807, 2.05) is 45.9 Å². The minimum absolute atomic E-state index is 0.185. The highest BCUT2D eigenvalue weighted by Crippen LogP contribution is 2.25. The summed E-state index contributed by atoms with van der Waals surface area (Å²) in [6, 6.07) is 5.80. The Bertz CT molecular complexity index is 511. The van der Waals surface area contributed by atoms with Gasteiger partial charge in [0, 0.05) is 17.5 Å². The molecule has 0 bridgehead atoms. The van der Waals surface area contributed by atoms with Gasteiger partial charge in [-0.05, 0) is 56.6 Å². The van der Waals surface area contributed by atoms with Crippen molar-refractivity contribution >= 4 is 5.78 Å². The number of carbonyl (C=O) groups excluding carboxylic acids is 1. The molecule has 1 aromatic rings. The van der Waals surface area contributed by atoms with E-state index in [4.69, 9.17) is 4.74 Å².